The van der Waals surface area contributed by atoms with E-state index in [2.05, 4.69) is 32.1 Å². The van der Waals surface area contributed by atoms with Gasteiger partial charge in [-0.1, -0.05) is 0 Å². The van der Waals surface area contributed by atoms with Gasteiger partial charge < -0.3 is 19.7 Å². The maximum Gasteiger partial charge on any atom is 0.263 e. The van der Waals surface area contributed by atoms with Crippen LogP contribution in [0, 0.1) is 17.1 Å². The van der Waals surface area contributed by atoms with Gasteiger partial charge in [-0.05, 0) is 69.7 Å². The van der Waals surface area contributed by atoms with Crippen LogP contribution in [-0.4, -0.2) is 52.8 Å². The van der Waals surface area contributed by atoms with Crippen molar-refractivity contribution in [2.75, 3.05) is 31.0 Å². The van der Waals surface area contributed by atoms with Crippen LogP contribution in [0.2, 0.25) is 0 Å². The summed E-state index contributed by atoms with van der Waals surface area (Å²) in [7, 11) is 3.73. The second-order valence-electron chi connectivity index (χ2n) is 10.1. The second kappa shape index (κ2) is 9.56. The molecule has 192 valence electrons. The molecule has 9 nitrogen and oxygen atoms in total. The lowest BCUT2D eigenvalue weighted by Crippen LogP contribution is -2.51. The van der Waals surface area contributed by atoms with Crippen molar-refractivity contribution >= 4 is 28.6 Å². The number of nitrogens with one attached hydrogen (secondary N) is 1. The molecular weight excluding hydrogens is 475 g/mol. The van der Waals surface area contributed by atoms with Crippen LogP contribution in [0.1, 0.15) is 50.3 Å². The van der Waals surface area contributed by atoms with Crippen molar-refractivity contribution in [1.82, 2.24) is 15.0 Å². The van der Waals surface area contributed by atoms with Crippen LogP contribution in [0.15, 0.2) is 30.5 Å². The molecule has 1 N–H and O–H groups in total. The van der Waals surface area contributed by atoms with Gasteiger partial charge in [0.25, 0.3) is 5.91 Å². The summed E-state index contributed by atoms with van der Waals surface area (Å²) in [5.41, 5.74) is 1.12. The molecule has 0 spiro atoms. The van der Waals surface area contributed by atoms with Gasteiger partial charge in [0.05, 0.1) is 22.8 Å². The number of carbonyl (C=O) groups excluding carboxylic acids is 1. The number of nitrogens with zero attached hydrogens (tertiary/aromatic N) is 5. The fourth-order valence-electron chi connectivity index (χ4n) is 5.30. The number of fused-ring (bicyclic) bond motifs is 2. The molecule has 0 atom stereocenters. The van der Waals surface area contributed by atoms with Crippen molar-refractivity contribution in [3.63, 3.8) is 0 Å². The van der Waals surface area contributed by atoms with Crippen molar-refractivity contribution < 1.29 is 18.7 Å². The third-order valence-electron chi connectivity index (χ3n) is 8.00. The molecular formula is C27H29FN6O3. The van der Waals surface area contributed by atoms with Crippen LogP contribution < -0.4 is 15.0 Å². The zero-order valence-corrected chi connectivity index (χ0v) is 21.2. The smallest absolute Gasteiger partial charge is 0.263 e. The molecule has 0 aromatic carbocycles. The topological polar surface area (TPSA) is 113 Å². The number of hydrogen-bond donors (Lipinski definition) is 1. The van der Waals surface area contributed by atoms with Gasteiger partial charge in [0.2, 0.25) is 0 Å². The first-order valence-electron chi connectivity index (χ1n) is 12.3. The molecule has 0 saturated heterocycles. The average Bonchev–Trinajstić information content (AvgIpc) is 2.92. The van der Waals surface area contributed by atoms with Crippen molar-refractivity contribution in [3.05, 3.63) is 47.5 Å². The highest BCUT2D eigenvalue weighted by Crippen LogP contribution is 2.44. The maximum absolute atomic E-state index is 14.8. The number of ether oxygens (including phenoxy) is 2. The van der Waals surface area contributed by atoms with E-state index in [-0.39, 0.29) is 23.7 Å². The lowest BCUT2D eigenvalue weighted by Gasteiger charge is -2.49. The van der Waals surface area contributed by atoms with Crippen LogP contribution in [0.25, 0.3) is 11.0 Å². The highest BCUT2D eigenvalue weighted by Gasteiger charge is 2.43. The Morgan fingerprint density at radius 3 is 2.73 bits per heavy atom. The highest BCUT2D eigenvalue weighted by atomic mass is 19.1. The van der Waals surface area contributed by atoms with Crippen molar-refractivity contribution in [1.29, 1.82) is 5.26 Å². The van der Waals surface area contributed by atoms with E-state index in [1.165, 1.54) is 6.20 Å². The Morgan fingerprint density at radius 2 is 2.00 bits per heavy atom. The number of halogens is 1. The number of rotatable bonds is 6. The average molecular weight is 505 g/mol. The van der Waals surface area contributed by atoms with Crippen molar-refractivity contribution in [2.24, 2.45) is 0 Å². The number of aromatic nitrogens is 3. The molecule has 5 rings (SSSR count). The normalized spacial score (nSPS) is 23.1. The Morgan fingerprint density at radius 1 is 1.22 bits per heavy atom. The van der Waals surface area contributed by atoms with E-state index in [1.54, 1.807) is 19.2 Å². The van der Waals surface area contributed by atoms with E-state index < -0.39 is 11.4 Å². The standard InChI is InChI=1S/C27H29FN6O3/c1-26(34(2)22-7-6-21-25(32-22)33-23(35)16-37-21)10-12-27(36-3,13-11-26)9-8-18-19(28)15-30-20-5-4-17(14-29)31-24(18)20/h4-7,15H,8-13,16H2,1-3H3,(H,32,33,35). The number of pyridine rings is 3. The lowest BCUT2D eigenvalue weighted by atomic mass is 9.72. The van der Waals surface area contributed by atoms with E-state index in [4.69, 9.17) is 9.47 Å². The number of methoxy groups -OCH3 is 1. The summed E-state index contributed by atoms with van der Waals surface area (Å²) in [5.74, 6) is 1.12. The van der Waals surface area contributed by atoms with Gasteiger partial charge in [-0.15, -0.1) is 0 Å². The molecule has 10 heteroatoms. The zero-order chi connectivity index (χ0) is 26.2. The van der Waals surface area contributed by atoms with Crippen molar-refractivity contribution in [3.8, 4) is 11.8 Å². The Hall–Kier alpha value is -3.84. The molecule has 1 amide bonds. The molecule has 1 saturated carbocycles. The number of carbonyl (C=O) groups is 1. The van der Waals surface area contributed by atoms with Crippen LogP contribution in [0.4, 0.5) is 16.0 Å². The monoisotopic (exact) mass is 504 g/mol. The predicted octanol–water partition coefficient (Wildman–Crippen LogP) is 4.15. The third kappa shape index (κ3) is 4.67. The highest BCUT2D eigenvalue weighted by molar-refractivity contribution is 5.94. The number of hydrogen-bond acceptors (Lipinski definition) is 8. The molecule has 3 aromatic rings. The number of nitriles is 1. The van der Waals surface area contributed by atoms with Gasteiger partial charge in [0.1, 0.15) is 23.4 Å². The molecule has 4 heterocycles. The first-order valence-corrected chi connectivity index (χ1v) is 12.3. The summed E-state index contributed by atoms with van der Waals surface area (Å²) in [6.07, 6.45) is 5.53. The van der Waals surface area contributed by atoms with E-state index in [0.717, 1.165) is 31.5 Å². The lowest BCUT2D eigenvalue weighted by molar-refractivity contribution is -0.118. The summed E-state index contributed by atoms with van der Waals surface area (Å²) in [6.45, 7) is 2.20. The second-order valence-corrected chi connectivity index (χ2v) is 10.1. The van der Waals surface area contributed by atoms with Gasteiger partial charge in [0.15, 0.2) is 18.2 Å². The zero-order valence-electron chi connectivity index (χ0n) is 21.2. The summed E-state index contributed by atoms with van der Waals surface area (Å²) >= 11 is 0. The Labute approximate surface area is 214 Å². The fraction of sp³-hybridized carbons (Fsp3) is 0.444. The number of amides is 1. The van der Waals surface area contributed by atoms with Crippen LogP contribution in [-0.2, 0) is 16.0 Å². The summed E-state index contributed by atoms with van der Waals surface area (Å²) in [6, 6.07) is 9.04. The van der Waals surface area contributed by atoms with Crippen LogP contribution >= 0.6 is 0 Å². The van der Waals surface area contributed by atoms with Gasteiger partial charge in [0, 0.05) is 25.3 Å². The van der Waals surface area contributed by atoms with E-state index in [1.807, 2.05) is 25.2 Å². The predicted molar refractivity (Wildman–Crippen MR) is 136 cm³/mol. The molecule has 37 heavy (non-hydrogen) atoms. The minimum atomic E-state index is -0.420. The van der Waals surface area contributed by atoms with E-state index >= 15 is 0 Å². The molecule has 1 aliphatic carbocycles. The Bertz CT molecular complexity index is 1400. The maximum atomic E-state index is 14.8. The quantitative estimate of drug-likeness (QED) is 0.533. The number of anilines is 2. The van der Waals surface area contributed by atoms with Gasteiger partial charge in [-0.2, -0.15) is 5.26 Å². The van der Waals surface area contributed by atoms with Crippen LogP contribution in [0.3, 0.4) is 0 Å². The van der Waals surface area contributed by atoms with E-state index in [9.17, 15) is 14.4 Å². The molecule has 1 aliphatic heterocycles. The SMILES string of the molecule is COC1(CCc2c(F)cnc3ccc(C#N)nc23)CCC(C)(N(C)c2ccc3c(n2)NC(=O)CO3)CC1. The first-order chi connectivity index (χ1) is 17.8. The molecule has 0 bridgehead atoms. The molecule has 2 aliphatic rings. The number of aryl methyl sites for hydroxylation is 1. The summed E-state index contributed by atoms with van der Waals surface area (Å²) in [4.78, 5) is 27.0. The molecule has 0 unspecified atom stereocenters. The summed E-state index contributed by atoms with van der Waals surface area (Å²) < 4.78 is 26.3. The molecule has 3 aromatic heterocycles. The fourth-order valence-corrected chi connectivity index (χ4v) is 5.30. The van der Waals surface area contributed by atoms with Gasteiger partial charge in [-0.25, -0.2) is 14.4 Å². The molecule has 0 radical (unpaired) electrons. The first kappa shape index (κ1) is 24.8. The summed E-state index contributed by atoms with van der Waals surface area (Å²) in [5, 5.41) is 12.0. The van der Waals surface area contributed by atoms with Gasteiger partial charge in [-0.3, -0.25) is 9.78 Å². The van der Waals surface area contributed by atoms with Gasteiger partial charge >= 0.3 is 0 Å². The van der Waals surface area contributed by atoms with E-state index in [0.29, 0.717) is 41.0 Å². The Kier molecular flexibility index (Phi) is 6.42. The minimum absolute atomic E-state index is 0.00455. The molecule has 1 fully saturated rings. The Balaban J connectivity index is 1.31. The minimum Gasteiger partial charge on any atom is -0.480 e. The third-order valence-corrected chi connectivity index (χ3v) is 8.00. The van der Waals surface area contributed by atoms with Crippen molar-refractivity contribution in [2.45, 2.75) is 56.6 Å². The van der Waals surface area contributed by atoms with Crippen LogP contribution in [0.5, 0.6) is 5.75 Å². The largest absolute Gasteiger partial charge is 0.480 e.